The van der Waals surface area contributed by atoms with Crippen molar-refractivity contribution in [2.45, 2.75) is 32.7 Å². The van der Waals surface area contributed by atoms with Crippen LogP contribution in [0.5, 0.6) is 0 Å². The summed E-state index contributed by atoms with van der Waals surface area (Å²) in [5.41, 5.74) is 0.795. The van der Waals surface area contributed by atoms with Gasteiger partial charge < -0.3 is 0 Å². The molecule has 2 heterocycles. The molecule has 0 saturated carbocycles. The molecule has 0 saturated heterocycles. The highest BCUT2D eigenvalue weighted by molar-refractivity contribution is 7.07. The summed E-state index contributed by atoms with van der Waals surface area (Å²) in [7, 11) is 0. The van der Waals surface area contributed by atoms with Crippen LogP contribution in [0.15, 0.2) is 18.5 Å². The van der Waals surface area contributed by atoms with Gasteiger partial charge in [0.05, 0.1) is 18.3 Å². The SMILES string of the molecule is CCC(C)n1ccc(CC(=O)c2cnns2)n1. The third-order valence-corrected chi connectivity index (χ3v) is 3.39. The molecule has 0 amide bonds. The van der Waals surface area contributed by atoms with Crippen LogP contribution in [-0.2, 0) is 6.42 Å². The summed E-state index contributed by atoms with van der Waals surface area (Å²) in [4.78, 5) is 12.4. The minimum atomic E-state index is 0.0226. The van der Waals surface area contributed by atoms with Crippen LogP contribution in [0, 0.1) is 0 Å². The monoisotopic (exact) mass is 250 g/mol. The molecule has 0 bridgehead atoms. The Kier molecular flexibility index (Phi) is 3.63. The summed E-state index contributed by atoms with van der Waals surface area (Å²) in [5, 5.41) is 8.04. The summed E-state index contributed by atoms with van der Waals surface area (Å²) in [6.07, 6.45) is 4.75. The first kappa shape index (κ1) is 11.9. The Hall–Kier alpha value is -1.56. The Labute approximate surface area is 104 Å². The molecule has 0 fully saturated rings. The first-order valence-electron chi connectivity index (χ1n) is 5.55. The van der Waals surface area contributed by atoms with Gasteiger partial charge in [0, 0.05) is 12.2 Å². The number of carbonyl (C=O) groups is 1. The van der Waals surface area contributed by atoms with Crippen molar-refractivity contribution in [3.05, 3.63) is 29.0 Å². The van der Waals surface area contributed by atoms with Crippen molar-refractivity contribution in [2.75, 3.05) is 0 Å². The molecule has 0 N–H and O–H groups in total. The number of aromatic nitrogens is 4. The first-order valence-corrected chi connectivity index (χ1v) is 6.32. The fourth-order valence-corrected chi connectivity index (χ4v) is 1.90. The second kappa shape index (κ2) is 5.18. The lowest BCUT2D eigenvalue weighted by Crippen LogP contribution is -2.07. The van der Waals surface area contributed by atoms with Crippen LogP contribution in [0.25, 0.3) is 0 Å². The molecule has 90 valence electrons. The molecule has 2 aromatic rings. The number of hydrogen-bond donors (Lipinski definition) is 0. The number of rotatable bonds is 5. The average molecular weight is 250 g/mol. The Morgan fingerprint density at radius 3 is 3.06 bits per heavy atom. The van der Waals surface area contributed by atoms with E-state index < -0.39 is 0 Å². The molecule has 0 aliphatic rings. The molecule has 2 aromatic heterocycles. The smallest absolute Gasteiger partial charge is 0.182 e. The fourth-order valence-electron chi connectivity index (χ4n) is 1.45. The maximum atomic E-state index is 11.8. The Morgan fingerprint density at radius 1 is 1.59 bits per heavy atom. The molecular formula is C11H14N4OS. The van der Waals surface area contributed by atoms with E-state index in [1.165, 1.54) is 6.20 Å². The molecule has 0 spiro atoms. The van der Waals surface area contributed by atoms with Crippen LogP contribution in [0.3, 0.4) is 0 Å². The van der Waals surface area contributed by atoms with Gasteiger partial charge in [-0.15, -0.1) is 5.10 Å². The molecule has 1 unspecified atom stereocenters. The van der Waals surface area contributed by atoms with Gasteiger partial charge in [0.1, 0.15) is 4.88 Å². The van der Waals surface area contributed by atoms with Gasteiger partial charge in [0.2, 0.25) is 0 Å². The standard InChI is InChI=1S/C11H14N4OS/c1-3-8(2)15-5-4-9(13-15)6-10(16)11-7-12-14-17-11/h4-5,7-8H,3,6H2,1-2H3. The third-order valence-electron chi connectivity index (χ3n) is 2.68. The second-order valence-electron chi connectivity index (χ2n) is 3.93. The van der Waals surface area contributed by atoms with Gasteiger partial charge in [-0.2, -0.15) is 5.10 Å². The molecule has 5 nitrogen and oxygen atoms in total. The highest BCUT2D eigenvalue weighted by Gasteiger charge is 2.12. The topological polar surface area (TPSA) is 60.7 Å². The van der Waals surface area contributed by atoms with Crippen LogP contribution in [0.2, 0.25) is 0 Å². The average Bonchev–Trinajstić information content (AvgIpc) is 2.98. The maximum Gasteiger partial charge on any atom is 0.182 e. The molecule has 6 heteroatoms. The minimum absolute atomic E-state index is 0.0226. The van der Waals surface area contributed by atoms with E-state index in [-0.39, 0.29) is 5.78 Å². The van der Waals surface area contributed by atoms with Crippen LogP contribution >= 0.6 is 11.5 Å². The van der Waals surface area contributed by atoms with E-state index >= 15 is 0 Å². The highest BCUT2D eigenvalue weighted by Crippen LogP contribution is 2.12. The molecule has 0 radical (unpaired) electrons. The number of carbonyl (C=O) groups excluding carboxylic acids is 1. The zero-order valence-corrected chi connectivity index (χ0v) is 10.6. The van der Waals surface area contributed by atoms with Gasteiger partial charge in [-0.25, -0.2) is 0 Å². The summed E-state index contributed by atoms with van der Waals surface area (Å²) in [5.74, 6) is 0.0226. The Morgan fingerprint density at radius 2 is 2.41 bits per heavy atom. The maximum absolute atomic E-state index is 11.8. The number of nitrogens with zero attached hydrogens (tertiary/aromatic N) is 4. The van der Waals surface area contributed by atoms with Crippen molar-refractivity contribution >= 4 is 17.3 Å². The molecule has 0 aliphatic heterocycles. The Bertz CT molecular complexity index is 491. The van der Waals surface area contributed by atoms with E-state index in [9.17, 15) is 4.79 Å². The van der Waals surface area contributed by atoms with E-state index in [0.29, 0.717) is 17.3 Å². The van der Waals surface area contributed by atoms with E-state index in [1.54, 1.807) is 0 Å². The number of Topliss-reactive ketones (excluding diaryl/α,β-unsaturated/α-hetero) is 1. The summed E-state index contributed by atoms with van der Waals surface area (Å²) in [6, 6.07) is 2.25. The fraction of sp³-hybridized carbons (Fsp3) is 0.455. The van der Waals surface area contributed by atoms with Crippen molar-refractivity contribution in [1.29, 1.82) is 0 Å². The number of ketones is 1. The first-order chi connectivity index (χ1) is 8.20. The molecule has 2 rings (SSSR count). The van der Waals surface area contributed by atoms with Gasteiger partial charge in [-0.05, 0) is 30.9 Å². The zero-order valence-electron chi connectivity index (χ0n) is 9.83. The van der Waals surface area contributed by atoms with Crippen molar-refractivity contribution in [3.8, 4) is 0 Å². The van der Waals surface area contributed by atoms with Crippen LogP contribution in [0.1, 0.15) is 41.7 Å². The third kappa shape index (κ3) is 2.76. The van der Waals surface area contributed by atoms with Crippen molar-refractivity contribution in [3.63, 3.8) is 0 Å². The molecule has 0 aliphatic carbocycles. The van der Waals surface area contributed by atoms with Crippen LogP contribution < -0.4 is 0 Å². The predicted molar refractivity (Wildman–Crippen MR) is 65.2 cm³/mol. The van der Waals surface area contributed by atoms with Gasteiger partial charge >= 0.3 is 0 Å². The summed E-state index contributed by atoms with van der Waals surface area (Å²) >= 11 is 1.12. The normalized spacial score (nSPS) is 12.6. The van der Waals surface area contributed by atoms with E-state index in [2.05, 4.69) is 28.5 Å². The number of hydrogen-bond acceptors (Lipinski definition) is 5. The molecule has 0 aromatic carbocycles. The van der Waals surface area contributed by atoms with Crippen LogP contribution in [0.4, 0.5) is 0 Å². The lowest BCUT2D eigenvalue weighted by molar-refractivity contribution is 0.0995. The van der Waals surface area contributed by atoms with E-state index in [4.69, 9.17) is 0 Å². The van der Waals surface area contributed by atoms with E-state index in [1.807, 2.05) is 16.9 Å². The zero-order chi connectivity index (χ0) is 12.3. The minimum Gasteiger partial charge on any atom is -0.293 e. The summed E-state index contributed by atoms with van der Waals surface area (Å²) in [6.45, 7) is 4.21. The van der Waals surface area contributed by atoms with Gasteiger partial charge in [0.15, 0.2) is 5.78 Å². The molecule has 17 heavy (non-hydrogen) atoms. The second-order valence-corrected chi connectivity index (χ2v) is 4.71. The lowest BCUT2D eigenvalue weighted by atomic mass is 10.2. The van der Waals surface area contributed by atoms with Gasteiger partial charge in [-0.3, -0.25) is 9.48 Å². The molecular weight excluding hydrogens is 236 g/mol. The van der Waals surface area contributed by atoms with Crippen molar-refractivity contribution in [1.82, 2.24) is 19.4 Å². The lowest BCUT2D eigenvalue weighted by Gasteiger charge is -2.07. The van der Waals surface area contributed by atoms with Gasteiger partial charge in [0.25, 0.3) is 0 Å². The Balaban J connectivity index is 2.04. The predicted octanol–water partition coefficient (Wildman–Crippen LogP) is 2.13. The molecule has 1 atom stereocenters. The summed E-state index contributed by atoms with van der Waals surface area (Å²) < 4.78 is 5.57. The largest absolute Gasteiger partial charge is 0.293 e. The van der Waals surface area contributed by atoms with Gasteiger partial charge in [-0.1, -0.05) is 11.4 Å². The highest BCUT2D eigenvalue weighted by atomic mass is 32.1. The van der Waals surface area contributed by atoms with Crippen molar-refractivity contribution in [2.24, 2.45) is 0 Å². The van der Waals surface area contributed by atoms with E-state index in [0.717, 1.165) is 23.6 Å². The van der Waals surface area contributed by atoms with Crippen LogP contribution in [-0.4, -0.2) is 25.2 Å². The van der Waals surface area contributed by atoms with Crippen molar-refractivity contribution < 1.29 is 4.79 Å². The quantitative estimate of drug-likeness (QED) is 0.763.